The summed E-state index contributed by atoms with van der Waals surface area (Å²) in [6.45, 7) is 6.00. The first-order valence-electron chi connectivity index (χ1n) is 4.82. The van der Waals surface area contributed by atoms with Crippen molar-refractivity contribution in [3.63, 3.8) is 0 Å². The van der Waals surface area contributed by atoms with Crippen LogP contribution in [0.1, 0.15) is 24.1 Å². The lowest BCUT2D eigenvalue weighted by Gasteiger charge is -1.96. The van der Waals surface area contributed by atoms with Crippen LogP contribution in [0.4, 0.5) is 0 Å². The van der Waals surface area contributed by atoms with Gasteiger partial charge in [-0.3, -0.25) is 0 Å². The van der Waals surface area contributed by atoms with E-state index < -0.39 is 0 Å². The van der Waals surface area contributed by atoms with Crippen LogP contribution in [0.25, 0.3) is 5.69 Å². The Bertz CT molecular complexity index is 440. The van der Waals surface area contributed by atoms with Gasteiger partial charge in [0.1, 0.15) is 17.2 Å². The van der Waals surface area contributed by atoms with Gasteiger partial charge < -0.3 is 4.42 Å². The summed E-state index contributed by atoms with van der Waals surface area (Å²) in [4.78, 5) is 0. The topological polar surface area (TPSA) is 31.0 Å². The molecule has 3 heteroatoms. The molecule has 0 saturated heterocycles. The van der Waals surface area contributed by atoms with E-state index in [4.69, 9.17) is 4.42 Å². The zero-order chi connectivity index (χ0) is 10.1. The van der Waals surface area contributed by atoms with Crippen molar-refractivity contribution in [1.82, 2.24) is 9.78 Å². The minimum Gasteiger partial charge on any atom is -0.464 e. The molecule has 3 nitrogen and oxygen atoms in total. The molecule has 2 rings (SSSR count). The van der Waals surface area contributed by atoms with Crippen LogP contribution in [-0.2, 0) is 6.42 Å². The van der Waals surface area contributed by atoms with Gasteiger partial charge in [0, 0.05) is 12.3 Å². The molecular formula is C11H14N2O. The van der Waals surface area contributed by atoms with Gasteiger partial charge >= 0.3 is 0 Å². The summed E-state index contributed by atoms with van der Waals surface area (Å²) >= 11 is 0. The minimum atomic E-state index is 0.910. The number of hydrogen-bond donors (Lipinski definition) is 0. The Labute approximate surface area is 83.3 Å². The van der Waals surface area contributed by atoms with Crippen LogP contribution in [0.5, 0.6) is 0 Å². The Morgan fingerprint density at radius 3 is 2.71 bits per heavy atom. The summed E-state index contributed by atoms with van der Waals surface area (Å²) in [7, 11) is 0. The lowest BCUT2D eigenvalue weighted by molar-refractivity contribution is 0.502. The molecular weight excluding hydrogens is 176 g/mol. The Morgan fingerprint density at radius 2 is 2.21 bits per heavy atom. The van der Waals surface area contributed by atoms with Crippen molar-refractivity contribution in [2.75, 3.05) is 0 Å². The molecule has 0 aromatic carbocycles. The van der Waals surface area contributed by atoms with E-state index in [2.05, 4.69) is 12.0 Å². The van der Waals surface area contributed by atoms with Gasteiger partial charge in [0.05, 0.1) is 5.69 Å². The predicted molar refractivity (Wildman–Crippen MR) is 54.7 cm³/mol. The van der Waals surface area contributed by atoms with Crippen LogP contribution < -0.4 is 0 Å². The number of nitrogens with zero attached hydrogens (tertiary/aromatic N) is 2. The molecule has 0 unspecified atom stereocenters. The average molecular weight is 190 g/mol. The second-order valence-electron chi connectivity index (χ2n) is 3.40. The van der Waals surface area contributed by atoms with Gasteiger partial charge in [-0.15, -0.1) is 0 Å². The molecule has 2 aromatic rings. The largest absolute Gasteiger partial charge is 0.464 e. The maximum atomic E-state index is 5.45. The first-order valence-corrected chi connectivity index (χ1v) is 4.82. The second-order valence-corrected chi connectivity index (χ2v) is 3.40. The molecule has 0 aliphatic rings. The molecule has 0 fully saturated rings. The molecule has 2 aromatic heterocycles. The van der Waals surface area contributed by atoms with Crippen molar-refractivity contribution in [2.45, 2.75) is 27.2 Å². The van der Waals surface area contributed by atoms with Gasteiger partial charge in [-0.1, -0.05) is 6.92 Å². The lowest BCUT2D eigenvalue weighted by Crippen LogP contribution is -1.95. The van der Waals surface area contributed by atoms with Crippen molar-refractivity contribution in [3.8, 4) is 5.69 Å². The number of furan rings is 1. The van der Waals surface area contributed by atoms with E-state index in [0.29, 0.717) is 0 Å². The summed E-state index contributed by atoms with van der Waals surface area (Å²) in [5.41, 5.74) is 2.13. The van der Waals surface area contributed by atoms with Crippen LogP contribution >= 0.6 is 0 Å². The predicted octanol–water partition coefficient (Wildman–Crippen LogP) is 2.64. The Morgan fingerprint density at radius 1 is 1.43 bits per heavy atom. The van der Waals surface area contributed by atoms with Crippen molar-refractivity contribution in [2.24, 2.45) is 0 Å². The summed E-state index contributed by atoms with van der Waals surface area (Å²) in [5, 5.41) is 4.43. The highest BCUT2D eigenvalue weighted by Gasteiger charge is 2.07. The van der Waals surface area contributed by atoms with Gasteiger partial charge in [-0.05, 0) is 26.3 Å². The van der Waals surface area contributed by atoms with E-state index in [-0.39, 0.29) is 0 Å². The summed E-state index contributed by atoms with van der Waals surface area (Å²) in [6.07, 6.45) is 2.93. The van der Waals surface area contributed by atoms with Crippen LogP contribution in [-0.4, -0.2) is 9.78 Å². The SMILES string of the molecule is CCc1ccn(-c2cc(C)oc2C)n1. The molecule has 2 heterocycles. The van der Waals surface area contributed by atoms with Crippen LogP contribution in [0.2, 0.25) is 0 Å². The number of hydrogen-bond acceptors (Lipinski definition) is 2. The Balaban J connectivity index is 2.43. The molecule has 0 amide bonds. The van der Waals surface area contributed by atoms with Crippen LogP contribution in [0.15, 0.2) is 22.7 Å². The highest BCUT2D eigenvalue weighted by atomic mass is 16.3. The molecule has 0 aliphatic carbocycles. The normalized spacial score (nSPS) is 10.8. The molecule has 0 radical (unpaired) electrons. The van der Waals surface area contributed by atoms with Gasteiger partial charge in [0.15, 0.2) is 0 Å². The Kier molecular flexibility index (Phi) is 2.15. The van der Waals surface area contributed by atoms with Gasteiger partial charge in [0.2, 0.25) is 0 Å². The third-order valence-electron chi connectivity index (χ3n) is 2.27. The standard InChI is InChI=1S/C11H14N2O/c1-4-10-5-6-13(12-10)11-7-8(2)14-9(11)3/h5-7H,4H2,1-3H3. The average Bonchev–Trinajstić information content (AvgIpc) is 2.71. The van der Waals surface area contributed by atoms with Crippen molar-refractivity contribution < 1.29 is 4.42 Å². The number of rotatable bonds is 2. The second kappa shape index (κ2) is 3.33. The fraction of sp³-hybridized carbons (Fsp3) is 0.364. The summed E-state index contributed by atoms with van der Waals surface area (Å²) in [5.74, 6) is 1.83. The van der Waals surface area contributed by atoms with E-state index in [1.165, 1.54) is 0 Å². The molecule has 0 aliphatic heterocycles. The van der Waals surface area contributed by atoms with Gasteiger partial charge in [-0.2, -0.15) is 5.10 Å². The van der Waals surface area contributed by atoms with Crippen LogP contribution in [0.3, 0.4) is 0 Å². The number of aromatic nitrogens is 2. The third-order valence-corrected chi connectivity index (χ3v) is 2.27. The molecule has 0 atom stereocenters. The van der Waals surface area contributed by atoms with Crippen molar-refractivity contribution in [3.05, 3.63) is 35.5 Å². The zero-order valence-electron chi connectivity index (χ0n) is 8.74. The fourth-order valence-electron chi connectivity index (χ4n) is 1.53. The first kappa shape index (κ1) is 9.06. The maximum Gasteiger partial charge on any atom is 0.126 e. The molecule has 14 heavy (non-hydrogen) atoms. The summed E-state index contributed by atoms with van der Waals surface area (Å²) < 4.78 is 7.32. The van der Waals surface area contributed by atoms with E-state index >= 15 is 0 Å². The zero-order valence-corrected chi connectivity index (χ0v) is 8.74. The molecule has 74 valence electrons. The highest BCUT2D eigenvalue weighted by molar-refractivity contribution is 5.35. The Hall–Kier alpha value is -1.51. The first-order chi connectivity index (χ1) is 6.70. The monoisotopic (exact) mass is 190 g/mol. The third kappa shape index (κ3) is 1.45. The van der Waals surface area contributed by atoms with Gasteiger partial charge in [-0.25, -0.2) is 4.68 Å². The van der Waals surface area contributed by atoms with E-state index in [0.717, 1.165) is 29.3 Å². The molecule has 0 bridgehead atoms. The molecule has 0 spiro atoms. The number of aryl methyl sites for hydroxylation is 3. The van der Waals surface area contributed by atoms with Crippen molar-refractivity contribution in [1.29, 1.82) is 0 Å². The highest BCUT2D eigenvalue weighted by Crippen LogP contribution is 2.17. The smallest absolute Gasteiger partial charge is 0.126 e. The van der Waals surface area contributed by atoms with Crippen LogP contribution in [0, 0.1) is 13.8 Å². The maximum absolute atomic E-state index is 5.45. The molecule has 0 N–H and O–H groups in total. The minimum absolute atomic E-state index is 0.910. The lowest BCUT2D eigenvalue weighted by atomic mass is 10.3. The summed E-state index contributed by atoms with van der Waals surface area (Å²) in [6, 6.07) is 4.03. The fourth-order valence-corrected chi connectivity index (χ4v) is 1.53. The van der Waals surface area contributed by atoms with E-state index in [1.807, 2.05) is 36.9 Å². The van der Waals surface area contributed by atoms with Crippen molar-refractivity contribution >= 4 is 0 Å². The quantitative estimate of drug-likeness (QED) is 0.728. The van der Waals surface area contributed by atoms with E-state index in [1.54, 1.807) is 0 Å². The molecule has 0 saturated carbocycles. The van der Waals surface area contributed by atoms with E-state index in [9.17, 15) is 0 Å². The van der Waals surface area contributed by atoms with Gasteiger partial charge in [0.25, 0.3) is 0 Å².